The van der Waals surface area contributed by atoms with E-state index < -0.39 is 23.8 Å². The van der Waals surface area contributed by atoms with E-state index in [1.807, 2.05) is 0 Å². The number of imide groups is 1. The number of aryl methyl sites for hydroxylation is 1. The van der Waals surface area contributed by atoms with Gasteiger partial charge in [-0.05, 0) is 24.3 Å². The van der Waals surface area contributed by atoms with Crippen molar-refractivity contribution in [3.63, 3.8) is 0 Å². The van der Waals surface area contributed by atoms with Gasteiger partial charge in [0.1, 0.15) is 11.9 Å². The quantitative estimate of drug-likeness (QED) is 0.841. The van der Waals surface area contributed by atoms with Crippen LogP contribution in [0.1, 0.15) is 11.6 Å². The minimum atomic E-state index is -0.763. The third kappa shape index (κ3) is 1.93. The molecule has 3 rings (SSSR count). The van der Waals surface area contributed by atoms with Gasteiger partial charge < -0.3 is 5.32 Å². The lowest BCUT2D eigenvalue weighted by Crippen LogP contribution is -2.30. The second-order valence-corrected chi connectivity index (χ2v) is 4.48. The largest absolute Gasteiger partial charge is 0.329 e. The molecule has 1 aromatic heterocycles. The summed E-state index contributed by atoms with van der Waals surface area (Å²) < 4.78 is 14.4. The van der Waals surface area contributed by atoms with E-state index in [2.05, 4.69) is 10.4 Å². The summed E-state index contributed by atoms with van der Waals surface area (Å²) >= 11 is 0. The van der Waals surface area contributed by atoms with Crippen molar-refractivity contribution >= 4 is 17.6 Å². The number of anilines is 1. The smallest absolute Gasteiger partial charge is 0.321 e. The van der Waals surface area contributed by atoms with Gasteiger partial charge >= 0.3 is 6.03 Å². The Balaban J connectivity index is 1.92. The van der Waals surface area contributed by atoms with Gasteiger partial charge in [0.05, 0.1) is 11.9 Å². The van der Waals surface area contributed by atoms with E-state index in [9.17, 15) is 14.0 Å². The van der Waals surface area contributed by atoms with E-state index >= 15 is 0 Å². The number of halogens is 1. The molecule has 2 aromatic rings. The molecule has 0 bridgehead atoms. The van der Waals surface area contributed by atoms with Crippen molar-refractivity contribution in [2.75, 3.05) is 4.90 Å². The monoisotopic (exact) mass is 274 g/mol. The van der Waals surface area contributed by atoms with Crippen molar-refractivity contribution in [2.24, 2.45) is 7.05 Å². The number of nitrogens with zero attached hydrogens (tertiary/aromatic N) is 3. The molecule has 0 radical (unpaired) electrons. The molecule has 1 unspecified atom stereocenters. The lowest BCUT2D eigenvalue weighted by molar-refractivity contribution is -0.118. The SMILES string of the molecule is Cn1cc(C2NC(=O)N(c3ccc(F)cc3)C2=O)cn1. The highest BCUT2D eigenvalue weighted by Gasteiger charge is 2.40. The molecular weight excluding hydrogens is 263 g/mol. The summed E-state index contributed by atoms with van der Waals surface area (Å²) in [5.74, 6) is -0.834. The highest BCUT2D eigenvalue weighted by atomic mass is 19.1. The van der Waals surface area contributed by atoms with Gasteiger partial charge in [-0.25, -0.2) is 14.1 Å². The Kier molecular flexibility index (Phi) is 2.74. The maximum atomic E-state index is 12.9. The highest BCUT2D eigenvalue weighted by molar-refractivity contribution is 6.21. The van der Waals surface area contributed by atoms with Gasteiger partial charge in [-0.1, -0.05) is 0 Å². The molecule has 0 aliphatic carbocycles. The fraction of sp³-hybridized carbons (Fsp3) is 0.154. The molecule has 1 fully saturated rings. The van der Waals surface area contributed by atoms with Crippen LogP contribution in [-0.2, 0) is 11.8 Å². The van der Waals surface area contributed by atoms with Crippen molar-refractivity contribution in [1.82, 2.24) is 15.1 Å². The van der Waals surface area contributed by atoms with Crippen LogP contribution in [0, 0.1) is 5.82 Å². The lowest BCUT2D eigenvalue weighted by atomic mass is 10.1. The molecule has 1 N–H and O–H groups in total. The van der Waals surface area contributed by atoms with Crippen LogP contribution < -0.4 is 10.2 Å². The molecule has 0 saturated carbocycles. The number of urea groups is 1. The Morgan fingerprint density at radius 2 is 1.95 bits per heavy atom. The van der Waals surface area contributed by atoms with Gasteiger partial charge in [-0.2, -0.15) is 5.10 Å². The number of benzene rings is 1. The third-order valence-electron chi connectivity index (χ3n) is 3.08. The Morgan fingerprint density at radius 1 is 1.25 bits per heavy atom. The van der Waals surface area contributed by atoms with Gasteiger partial charge in [0.2, 0.25) is 0 Å². The predicted molar refractivity (Wildman–Crippen MR) is 68.4 cm³/mol. The van der Waals surface area contributed by atoms with Crippen LogP contribution in [0.3, 0.4) is 0 Å². The number of rotatable bonds is 2. The number of hydrogen-bond donors (Lipinski definition) is 1. The average Bonchev–Trinajstić information content (AvgIpc) is 2.95. The fourth-order valence-corrected chi connectivity index (χ4v) is 2.13. The van der Waals surface area contributed by atoms with Crippen LogP contribution in [0.2, 0.25) is 0 Å². The summed E-state index contributed by atoms with van der Waals surface area (Å²) in [5, 5.41) is 6.56. The molecule has 1 aliphatic heterocycles. The number of hydrogen-bond acceptors (Lipinski definition) is 3. The topological polar surface area (TPSA) is 67.2 Å². The summed E-state index contributed by atoms with van der Waals surface area (Å²) in [7, 11) is 1.72. The number of carbonyl (C=O) groups excluding carboxylic acids is 2. The van der Waals surface area contributed by atoms with Gasteiger partial charge in [-0.3, -0.25) is 9.48 Å². The van der Waals surface area contributed by atoms with E-state index in [-0.39, 0.29) is 0 Å². The molecule has 102 valence electrons. The van der Waals surface area contributed by atoms with Crippen LogP contribution in [0.4, 0.5) is 14.9 Å². The first-order valence-corrected chi connectivity index (χ1v) is 5.95. The third-order valence-corrected chi connectivity index (χ3v) is 3.08. The molecule has 6 nitrogen and oxygen atoms in total. The van der Waals surface area contributed by atoms with Crippen molar-refractivity contribution in [2.45, 2.75) is 6.04 Å². The molecule has 1 saturated heterocycles. The van der Waals surface area contributed by atoms with Crippen LogP contribution in [0.15, 0.2) is 36.7 Å². The molecule has 7 heteroatoms. The van der Waals surface area contributed by atoms with E-state index in [0.29, 0.717) is 11.3 Å². The standard InChI is InChI=1S/C13H11FN4O2/c1-17-7-8(6-15-17)11-12(19)18(13(20)16-11)10-4-2-9(14)3-5-10/h2-7,11H,1H3,(H,16,20). The van der Waals surface area contributed by atoms with Crippen molar-refractivity contribution in [3.8, 4) is 0 Å². The van der Waals surface area contributed by atoms with E-state index in [0.717, 1.165) is 4.90 Å². The maximum Gasteiger partial charge on any atom is 0.329 e. The van der Waals surface area contributed by atoms with Crippen LogP contribution in [-0.4, -0.2) is 21.7 Å². The molecule has 1 aliphatic rings. The predicted octanol–water partition coefficient (Wildman–Crippen LogP) is 1.36. The normalized spacial score (nSPS) is 18.5. The van der Waals surface area contributed by atoms with Gasteiger partial charge in [0.15, 0.2) is 0 Å². The van der Waals surface area contributed by atoms with Gasteiger partial charge in [0.25, 0.3) is 5.91 Å². The molecule has 1 aromatic carbocycles. The second kappa shape index (κ2) is 4.44. The molecule has 3 amide bonds. The number of carbonyl (C=O) groups is 2. The first-order valence-electron chi connectivity index (χ1n) is 5.95. The Bertz CT molecular complexity index is 680. The number of amides is 3. The highest BCUT2D eigenvalue weighted by Crippen LogP contribution is 2.26. The Hall–Kier alpha value is -2.70. The summed E-state index contributed by atoms with van der Waals surface area (Å²) in [6.07, 6.45) is 3.19. The first-order chi connectivity index (χ1) is 9.56. The zero-order chi connectivity index (χ0) is 14.3. The average molecular weight is 274 g/mol. The van der Waals surface area contributed by atoms with Crippen LogP contribution >= 0.6 is 0 Å². The van der Waals surface area contributed by atoms with Crippen molar-refractivity contribution in [3.05, 3.63) is 48.0 Å². The summed E-state index contributed by atoms with van der Waals surface area (Å²) in [6, 6.07) is 3.88. The molecular formula is C13H11FN4O2. The van der Waals surface area contributed by atoms with Gasteiger partial charge in [-0.15, -0.1) is 0 Å². The zero-order valence-electron chi connectivity index (χ0n) is 10.6. The summed E-state index contributed by atoms with van der Waals surface area (Å²) in [6.45, 7) is 0. The van der Waals surface area contributed by atoms with E-state index in [4.69, 9.17) is 0 Å². The minimum Gasteiger partial charge on any atom is -0.321 e. The fourth-order valence-electron chi connectivity index (χ4n) is 2.13. The lowest BCUT2D eigenvalue weighted by Gasteiger charge is -2.12. The molecule has 20 heavy (non-hydrogen) atoms. The van der Waals surface area contributed by atoms with Crippen molar-refractivity contribution < 1.29 is 14.0 Å². The zero-order valence-corrected chi connectivity index (χ0v) is 10.6. The summed E-state index contributed by atoms with van der Waals surface area (Å²) in [5.41, 5.74) is 0.941. The molecule has 1 atom stereocenters. The maximum absolute atomic E-state index is 12.9. The second-order valence-electron chi connectivity index (χ2n) is 4.48. The van der Waals surface area contributed by atoms with Gasteiger partial charge in [0, 0.05) is 18.8 Å². The van der Waals surface area contributed by atoms with Crippen LogP contribution in [0.25, 0.3) is 0 Å². The Morgan fingerprint density at radius 3 is 2.55 bits per heavy atom. The van der Waals surface area contributed by atoms with Crippen molar-refractivity contribution in [1.29, 1.82) is 0 Å². The number of nitrogens with one attached hydrogen (secondary N) is 1. The van der Waals surface area contributed by atoms with E-state index in [1.54, 1.807) is 17.9 Å². The Labute approximate surface area is 113 Å². The summed E-state index contributed by atoms with van der Waals surface area (Å²) in [4.78, 5) is 25.3. The van der Waals surface area contributed by atoms with Crippen LogP contribution in [0.5, 0.6) is 0 Å². The minimum absolute atomic E-state index is 0.334. The molecule has 2 heterocycles. The molecule has 0 spiro atoms. The number of aromatic nitrogens is 2. The van der Waals surface area contributed by atoms with E-state index in [1.165, 1.54) is 30.5 Å². The first kappa shape index (κ1) is 12.3.